The summed E-state index contributed by atoms with van der Waals surface area (Å²) in [5.41, 5.74) is 9.87. The third-order valence-corrected chi connectivity index (χ3v) is 9.88. The van der Waals surface area contributed by atoms with Crippen LogP contribution in [0, 0.1) is 0 Å². The van der Waals surface area contributed by atoms with Crippen molar-refractivity contribution in [2.75, 3.05) is 4.90 Å². The van der Waals surface area contributed by atoms with Gasteiger partial charge in [-0.3, -0.25) is 0 Å². The molecule has 0 bridgehead atoms. The van der Waals surface area contributed by atoms with E-state index in [2.05, 4.69) is 157 Å². The maximum atomic E-state index is 6.39. The summed E-state index contributed by atoms with van der Waals surface area (Å²) in [5, 5.41) is 4.85. The van der Waals surface area contributed by atoms with Crippen LogP contribution in [0.2, 0.25) is 0 Å². The number of para-hydroxylation sites is 3. The van der Waals surface area contributed by atoms with Crippen molar-refractivity contribution in [1.29, 1.82) is 0 Å². The predicted molar refractivity (Wildman–Crippen MR) is 192 cm³/mol. The Labute approximate surface area is 265 Å². The Hall–Kier alpha value is -5.64. The third-order valence-electron chi connectivity index (χ3n) is 8.68. The number of anilines is 3. The Morgan fingerprint density at radius 1 is 0.422 bits per heavy atom. The van der Waals surface area contributed by atoms with Crippen LogP contribution in [0.1, 0.15) is 0 Å². The van der Waals surface area contributed by atoms with Crippen LogP contribution >= 0.6 is 11.3 Å². The first-order valence-electron chi connectivity index (χ1n) is 15.2. The Morgan fingerprint density at radius 2 is 1.07 bits per heavy atom. The lowest BCUT2D eigenvalue weighted by atomic mass is 9.98. The van der Waals surface area contributed by atoms with Gasteiger partial charge in [-0.2, -0.15) is 0 Å². The Morgan fingerprint density at radius 3 is 1.89 bits per heavy atom. The highest BCUT2D eigenvalue weighted by Gasteiger charge is 2.23. The number of furan rings is 1. The summed E-state index contributed by atoms with van der Waals surface area (Å²) in [6.45, 7) is 0. The molecule has 3 heteroatoms. The number of hydrogen-bond acceptors (Lipinski definition) is 3. The molecule has 0 N–H and O–H groups in total. The van der Waals surface area contributed by atoms with Gasteiger partial charge in [0.15, 0.2) is 0 Å². The normalized spacial score (nSPS) is 11.6. The van der Waals surface area contributed by atoms with Crippen LogP contribution in [0.3, 0.4) is 0 Å². The highest BCUT2D eigenvalue weighted by atomic mass is 32.1. The summed E-state index contributed by atoms with van der Waals surface area (Å²) in [7, 11) is 0. The van der Waals surface area contributed by atoms with Crippen molar-refractivity contribution in [1.82, 2.24) is 0 Å². The smallest absolute Gasteiger partial charge is 0.143 e. The number of fused-ring (bicyclic) bond motifs is 6. The number of thiophene rings is 1. The SMILES string of the molecule is c1ccc(-c2ccc3c(sc4ccccc43)c2N(c2ccccc2)c2ccc(-c3cccc4c3oc3ccccc34)cc2)cc1. The second kappa shape index (κ2) is 10.5. The fourth-order valence-corrected chi connectivity index (χ4v) is 7.84. The predicted octanol–water partition coefficient (Wildman–Crippen LogP) is 12.8. The molecule has 0 aliphatic rings. The first kappa shape index (κ1) is 25.8. The van der Waals surface area contributed by atoms with Gasteiger partial charge in [0.25, 0.3) is 0 Å². The van der Waals surface area contributed by atoms with Crippen molar-refractivity contribution in [2.45, 2.75) is 0 Å². The van der Waals surface area contributed by atoms with E-state index in [1.165, 1.54) is 37.0 Å². The van der Waals surface area contributed by atoms with Crippen molar-refractivity contribution < 1.29 is 4.42 Å². The van der Waals surface area contributed by atoms with E-state index in [4.69, 9.17) is 4.42 Å². The average molecular weight is 594 g/mol. The van der Waals surface area contributed by atoms with Crippen LogP contribution in [0.15, 0.2) is 168 Å². The highest BCUT2D eigenvalue weighted by molar-refractivity contribution is 7.26. The molecule has 2 nitrogen and oxygen atoms in total. The van der Waals surface area contributed by atoms with Crippen LogP contribution in [0.25, 0.3) is 64.4 Å². The molecule has 0 unspecified atom stereocenters. The summed E-state index contributed by atoms with van der Waals surface area (Å²) in [6, 6.07) is 58.4. The molecule has 9 aromatic rings. The Kier molecular flexibility index (Phi) is 6.03. The second-order valence-corrected chi connectivity index (χ2v) is 12.4. The summed E-state index contributed by atoms with van der Waals surface area (Å²) in [5.74, 6) is 0. The topological polar surface area (TPSA) is 16.4 Å². The minimum absolute atomic E-state index is 0.914. The Bertz CT molecular complexity index is 2470. The van der Waals surface area contributed by atoms with E-state index in [1.807, 2.05) is 23.5 Å². The molecule has 212 valence electrons. The molecule has 7 aromatic carbocycles. The molecule has 0 aliphatic carbocycles. The molecule has 0 amide bonds. The second-order valence-electron chi connectivity index (χ2n) is 11.3. The van der Waals surface area contributed by atoms with Crippen LogP contribution in [-0.4, -0.2) is 0 Å². The average Bonchev–Trinajstić information content (AvgIpc) is 3.69. The molecule has 0 radical (unpaired) electrons. The molecule has 45 heavy (non-hydrogen) atoms. The summed E-state index contributed by atoms with van der Waals surface area (Å²) < 4.78 is 8.96. The number of hydrogen-bond donors (Lipinski definition) is 0. The largest absolute Gasteiger partial charge is 0.455 e. The number of benzene rings is 7. The molecule has 0 saturated heterocycles. The van der Waals surface area contributed by atoms with E-state index in [0.717, 1.165) is 44.4 Å². The van der Waals surface area contributed by atoms with Gasteiger partial charge >= 0.3 is 0 Å². The minimum atomic E-state index is 0.914. The van der Waals surface area contributed by atoms with Gasteiger partial charge in [-0.15, -0.1) is 11.3 Å². The van der Waals surface area contributed by atoms with Gasteiger partial charge in [-0.25, -0.2) is 0 Å². The van der Waals surface area contributed by atoms with E-state index in [1.54, 1.807) is 0 Å². The van der Waals surface area contributed by atoms with Crippen molar-refractivity contribution >= 4 is 70.5 Å². The van der Waals surface area contributed by atoms with Crippen molar-refractivity contribution in [2.24, 2.45) is 0 Å². The molecular formula is C42H27NOS. The van der Waals surface area contributed by atoms with E-state index in [0.29, 0.717) is 0 Å². The molecule has 0 saturated carbocycles. The molecule has 0 atom stereocenters. The van der Waals surface area contributed by atoms with Crippen molar-refractivity contribution in [3.8, 4) is 22.3 Å². The number of nitrogens with zero attached hydrogens (tertiary/aromatic N) is 1. The zero-order valence-electron chi connectivity index (χ0n) is 24.4. The van der Waals surface area contributed by atoms with E-state index in [9.17, 15) is 0 Å². The maximum absolute atomic E-state index is 6.39. The zero-order chi connectivity index (χ0) is 29.7. The molecule has 9 rings (SSSR count). The van der Waals surface area contributed by atoms with Crippen LogP contribution in [-0.2, 0) is 0 Å². The van der Waals surface area contributed by atoms with E-state index < -0.39 is 0 Å². The monoisotopic (exact) mass is 593 g/mol. The van der Waals surface area contributed by atoms with E-state index in [-0.39, 0.29) is 0 Å². The van der Waals surface area contributed by atoms with Gasteiger partial charge < -0.3 is 9.32 Å². The lowest BCUT2D eigenvalue weighted by Gasteiger charge is -2.28. The van der Waals surface area contributed by atoms with Crippen molar-refractivity contribution in [3.05, 3.63) is 164 Å². The maximum Gasteiger partial charge on any atom is 0.143 e. The first-order chi connectivity index (χ1) is 22.3. The fraction of sp³-hybridized carbons (Fsp3) is 0. The van der Waals surface area contributed by atoms with Gasteiger partial charge in [0.05, 0.1) is 10.4 Å². The summed E-state index contributed by atoms with van der Waals surface area (Å²) in [6.07, 6.45) is 0. The third kappa shape index (κ3) is 4.24. The molecule has 0 aliphatic heterocycles. The molecule has 2 aromatic heterocycles. The summed E-state index contributed by atoms with van der Waals surface area (Å²) >= 11 is 1.86. The van der Waals surface area contributed by atoms with Gasteiger partial charge in [0, 0.05) is 48.7 Å². The standard InChI is InChI=1S/C42H27NOS/c1-3-12-28(13-4-1)32-26-27-37-35-17-8-10-21-39(35)45-42(37)40(32)43(30-14-5-2-6-15-30)31-24-22-29(23-25-31)33-18-11-19-36-34-16-7-9-20-38(34)44-41(33)36/h1-27H. The van der Waals surface area contributed by atoms with Crippen molar-refractivity contribution in [3.63, 3.8) is 0 Å². The summed E-state index contributed by atoms with van der Waals surface area (Å²) in [4.78, 5) is 2.42. The highest BCUT2D eigenvalue weighted by Crippen LogP contribution is 2.49. The van der Waals surface area contributed by atoms with Crippen LogP contribution < -0.4 is 4.90 Å². The van der Waals surface area contributed by atoms with Crippen LogP contribution in [0.4, 0.5) is 17.1 Å². The lowest BCUT2D eigenvalue weighted by molar-refractivity contribution is 0.670. The van der Waals surface area contributed by atoms with Gasteiger partial charge in [-0.1, -0.05) is 127 Å². The lowest BCUT2D eigenvalue weighted by Crippen LogP contribution is -2.11. The minimum Gasteiger partial charge on any atom is -0.455 e. The molecule has 2 heterocycles. The Balaban J connectivity index is 1.27. The van der Waals surface area contributed by atoms with Gasteiger partial charge in [-0.05, 0) is 47.5 Å². The van der Waals surface area contributed by atoms with Crippen LogP contribution in [0.5, 0.6) is 0 Å². The van der Waals surface area contributed by atoms with Gasteiger partial charge in [0.2, 0.25) is 0 Å². The molecule has 0 fully saturated rings. The van der Waals surface area contributed by atoms with Gasteiger partial charge in [0.1, 0.15) is 11.2 Å². The first-order valence-corrected chi connectivity index (χ1v) is 16.0. The quantitative estimate of drug-likeness (QED) is 0.197. The zero-order valence-corrected chi connectivity index (χ0v) is 25.2. The molecule has 0 spiro atoms. The number of rotatable bonds is 5. The van der Waals surface area contributed by atoms with E-state index >= 15 is 0 Å². The fourth-order valence-electron chi connectivity index (χ4n) is 6.60. The molecular weight excluding hydrogens is 567 g/mol.